The highest BCUT2D eigenvalue weighted by molar-refractivity contribution is 5.97. The number of nitrogens with zero attached hydrogens (tertiary/aromatic N) is 1. The van der Waals surface area contributed by atoms with Crippen molar-refractivity contribution < 1.29 is 19.4 Å². The maximum absolute atomic E-state index is 12.4. The molecular formula is C14H21NO4. The molecule has 1 N–H and O–H groups in total. The molecule has 0 unspecified atom stereocenters. The van der Waals surface area contributed by atoms with Crippen LogP contribution in [-0.2, 0) is 0 Å². The van der Waals surface area contributed by atoms with Crippen molar-refractivity contribution in [2.75, 3.05) is 27.9 Å². The molecular weight excluding hydrogens is 246 g/mol. The van der Waals surface area contributed by atoms with Gasteiger partial charge < -0.3 is 19.5 Å². The minimum Gasteiger partial charge on any atom is -0.497 e. The molecule has 0 aliphatic carbocycles. The predicted octanol–water partition coefficient (Wildman–Crippen LogP) is 1.55. The first-order valence-electron chi connectivity index (χ1n) is 5.98. The van der Waals surface area contributed by atoms with Gasteiger partial charge in [-0.2, -0.15) is 0 Å². The van der Waals surface area contributed by atoms with E-state index >= 15 is 0 Å². The van der Waals surface area contributed by atoms with Crippen LogP contribution in [0.25, 0.3) is 0 Å². The van der Waals surface area contributed by atoms with E-state index in [2.05, 4.69) is 0 Å². The normalized spacial score (nSPS) is 11.1. The van der Waals surface area contributed by atoms with E-state index in [4.69, 9.17) is 9.47 Å². The summed E-state index contributed by atoms with van der Waals surface area (Å²) >= 11 is 0. The van der Waals surface area contributed by atoms with Crippen LogP contribution < -0.4 is 9.47 Å². The van der Waals surface area contributed by atoms with Gasteiger partial charge in [0.15, 0.2) is 0 Å². The van der Waals surface area contributed by atoms with Crippen LogP contribution in [0, 0.1) is 0 Å². The van der Waals surface area contributed by atoms with Crippen LogP contribution in [0.2, 0.25) is 0 Å². The molecule has 0 saturated carbocycles. The number of carbonyl (C=O) groups excluding carboxylic acids is 1. The molecule has 19 heavy (non-hydrogen) atoms. The van der Waals surface area contributed by atoms with Gasteiger partial charge in [-0.05, 0) is 26.0 Å². The van der Waals surface area contributed by atoms with Gasteiger partial charge in [0, 0.05) is 13.1 Å². The number of hydrogen-bond donors (Lipinski definition) is 1. The lowest BCUT2D eigenvalue weighted by Gasteiger charge is -2.34. The number of methoxy groups -OCH3 is 2. The Bertz CT molecular complexity index is 457. The molecule has 0 saturated heterocycles. The zero-order valence-corrected chi connectivity index (χ0v) is 12.1. The van der Waals surface area contributed by atoms with Gasteiger partial charge in [0.2, 0.25) is 0 Å². The van der Waals surface area contributed by atoms with E-state index in [9.17, 15) is 9.90 Å². The van der Waals surface area contributed by atoms with Gasteiger partial charge in [0.1, 0.15) is 11.5 Å². The quantitative estimate of drug-likeness (QED) is 0.879. The molecule has 0 heterocycles. The van der Waals surface area contributed by atoms with E-state index in [0.717, 1.165) is 0 Å². The van der Waals surface area contributed by atoms with Crippen molar-refractivity contribution in [3.63, 3.8) is 0 Å². The zero-order valence-electron chi connectivity index (χ0n) is 12.1. The van der Waals surface area contributed by atoms with Crippen molar-refractivity contribution in [1.29, 1.82) is 0 Å². The largest absolute Gasteiger partial charge is 0.497 e. The van der Waals surface area contributed by atoms with Crippen molar-refractivity contribution in [2.24, 2.45) is 0 Å². The second-order valence-electron chi connectivity index (χ2n) is 4.90. The smallest absolute Gasteiger partial charge is 0.257 e. The first-order chi connectivity index (χ1) is 8.87. The van der Waals surface area contributed by atoms with Gasteiger partial charge in [0.05, 0.1) is 31.9 Å². The second kappa shape index (κ2) is 5.93. The summed E-state index contributed by atoms with van der Waals surface area (Å²) in [6.07, 6.45) is 0. The molecule has 1 rings (SSSR count). The number of aliphatic hydroxyl groups is 1. The zero-order chi connectivity index (χ0) is 14.6. The molecule has 5 nitrogen and oxygen atoms in total. The van der Waals surface area contributed by atoms with Gasteiger partial charge >= 0.3 is 0 Å². The predicted molar refractivity (Wildman–Crippen MR) is 72.8 cm³/mol. The SMILES string of the molecule is COc1ccc(C(=O)N(C)C(C)(C)CO)c(OC)c1. The van der Waals surface area contributed by atoms with E-state index in [0.29, 0.717) is 17.1 Å². The monoisotopic (exact) mass is 267 g/mol. The van der Waals surface area contributed by atoms with Gasteiger partial charge in [0.25, 0.3) is 5.91 Å². The number of carbonyl (C=O) groups is 1. The molecule has 0 bridgehead atoms. The number of hydrogen-bond acceptors (Lipinski definition) is 4. The summed E-state index contributed by atoms with van der Waals surface area (Å²) in [5.74, 6) is 0.862. The highest BCUT2D eigenvalue weighted by atomic mass is 16.5. The van der Waals surface area contributed by atoms with Gasteiger partial charge in [-0.3, -0.25) is 4.79 Å². The minimum absolute atomic E-state index is 0.117. The Morgan fingerprint density at radius 1 is 1.32 bits per heavy atom. The Morgan fingerprint density at radius 3 is 2.42 bits per heavy atom. The Hall–Kier alpha value is -1.75. The highest BCUT2D eigenvalue weighted by Gasteiger charge is 2.29. The van der Waals surface area contributed by atoms with Gasteiger partial charge in [-0.25, -0.2) is 0 Å². The van der Waals surface area contributed by atoms with Crippen LogP contribution in [0.1, 0.15) is 24.2 Å². The maximum atomic E-state index is 12.4. The lowest BCUT2D eigenvalue weighted by molar-refractivity contribution is 0.0470. The summed E-state index contributed by atoms with van der Waals surface area (Å²) in [5, 5.41) is 9.32. The van der Waals surface area contributed by atoms with Crippen LogP contribution in [-0.4, -0.2) is 49.3 Å². The second-order valence-corrected chi connectivity index (χ2v) is 4.90. The van der Waals surface area contributed by atoms with Crippen molar-refractivity contribution in [1.82, 2.24) is 4.90 Å². The molecule has 0 radical (unpaired) electrons. The fourth-order valence-corrected chi connectivity index (χ4v) is 1.54. The summed E-state index contributed by atoms with van der Waals surface area (Å²) < 4.78 is 10.3. The van der Waals surface area contributed by atoms with E-state index in [1.54, 1.807) is 46.2 Å². The summed E-state index contributed by atoms with van der Waals surface area (Å²) in [5.41, 5.74) is -0.200. The Morgan fingerprint density at radius 2 is 1.95 bits per heavy atom. The van der Waals surface area contributed by atoms with Crippen molar-refractivity contribution in [2.45, 2.75) is 19.4 Å². The summed E-state index contributed by atoms with van der Waals surface area (Å²) in [4.78, 5) is 13.9. The molecule has 0 atom stereocenters. The van der Waals surface area contributed by atoms with Crippen molar-refractivity contribution in [3.05, 3.63) is 23.8 Å². The highest BCUT2D eigenvalue weighted by Crippen LogP contribution is 2.27. The lowest BCUT2D eigenvalue weighted by Crippen LogP contribution is -2.47. The first kappa shape index (κ1) is 15.3. The number of aliphatic hydroxyl groups excluding tert-OH is 1. The molecule has 0 spiro atoms. The Kier molecular flexibility index (Phi) is 4.78. The van der Waals surface area contributed by atoms with Crippen LogP contribution in [0.3, 0.4) is 0 Å². The van der Waals surface area contributed by atoms with Crippen molar-refractivity contribution in [3.8, 4) is 11.5 Å². The Labute approximate surface area is 113 Å². The molecule has 106 valence electrons. The third-order valence-electron chi connectivity index (χ3n) is 3.24. The Balaban J connectivity index is 3.12. The standard InChI is InChI=1S/C14H21NO4/c1-14(2,9-16)15(3)13(17)11-7-6-10(18-4)8-12(11)19-5/h6-8,16H,9H2,1-5H3. The van der Waals surface area contributed by atoms with Gasteiger partial charge in [-0.15, -0.1) is 0 Å². The van der Waals surface area contributed by atoms with Crippen LogP contribution in [0.4, 0.5) is 0 Å². The average Bonchev–Trinajstić information content (AvgIpc) is 2.44. The first-order valence-corrected chi connectivity index (χ1v) is 5.98. The fraction of sp³-hybridized carbons (Fsp3) is 0.500. The number of likely N-dealkylation sites (N-methyl/N-ethyl adjacent to an activating group) is 1. The molecule has 0 aliphatic rings. The minimum atomic E-state index is -0.637. The third-order valence-corrected chi connectivity index (χ3v) is 3.24. The number of amides is 1. The topological polar surface area (TPSA) is 59.0 Å². The molecule has 0 fully saturated rings. The van der Waals surface area contributed by atoms with Crippen LogP contribution >= 0.6 is 0 Å². The number of benzene rings is 1. The summed E-state index contributed by atoms with van der Waals surface area (Å²) in [6, 6.07) is 5.02. The van der Waals surface area contributed by atoms with E-state index in [1.165, 1.54) is 12.0 Å². The number of rotatable bonds is 5. The van der Waals surface area contributed by atoms with E-state index in [-0.39, 0.29) is 12.5 Å². The van der Waals surface area contributed by atoms with Crippen LogP contribution in [0.15, 0.2) is 18.2 Å². The molecule has 1 amide bonds. The third kappa shape index (κ3) is 3.17. The average molecular weight is 267 g/mol. The van der Waals surface area contributed by atoms with Crippen molar-refractivity contribution >= 4 is 5.91 Å². The summed E-state index contributed by atoms with van der Waals surface area (Å²) in [7, 11) is 4.71. The molecule has 1 aromatic carbocycles. The molecule has 0 aliphatic heterocycles. The van der Waals surface area contributed by atoms with E-state index < -0.39 is 5.54 Å². The fourth-order valence-electron chi connectivity index (χ4n) is 1.54. The summed E-state index contributed by atoms with van der Waals surface area (Å²) in [6.45, 7) is 3.47. The molecule has 5 heteroatoms. The molecule has 1 aromatic rings. The number of ether oxygens (including phenoxy) is 2. The maximum Gasteiger partial charge on any atom is 0.257 e. The van der Waals surface area contributed by atoms with Crippen LogP contribution in [0.5, 0.6) is 11.5 Å². The lowest BCUT2D eigenvalue weighted by atomic mass is 10.0. The van der Waals surface area contributed by atoms with Gasteiger partial charge in [-0.1, -0.05) is 0 Å². The molecule has 0 aromatic heterocycles. The van der Waals surface area contributed by atoms with E-state index in [1.807, 2.05) is 0 Å².